The second-order valence-electron chi connectivity index (χ2n) is 9.18. The topological polar surface area (TPSA) is 80.1 Å². The molecule has 1 amide bonds. The number of benzene rings is 1. The fourth-order valence-electron chi connectivity index (χ4n) is 4.15. The molecule has 2 aromatic rings. The molecule has 1 aromatic heterocycles. The number of carboxylic acid groups (broad SMARTS) is 1. The first-order chi connectivity index (χ1) is 15.1. The van der Waals surface area contributed by atoms with Crippen molar-refractivity contribution in [2.45, 2.75) is 65.5 Å². The Hall–Kier alpha value is -2.29. The maximum absolute atomic E-state index is 11.6. The molecule has 0 saturated heterocycles. The molecule has 32 heavy (non-hydrogen) atoms. The molecule has 0 fully saturated rings. The lowest BCUT2D eigenvalue weighted by atomic mass is 10.0. The smallest absolute Gasteiger partial charge is 0.408 e. The van der Waals surface area contributed by atoms with E-state index in [0.717, 1.165) is 31.1 Å². The molecule has 0 aliphatic carbocycles. The van der Waals surface area contributed by atoms with E-state index in [1.165, 1.54) is 10.5 Å². The van der Waals surface area contributed by atoms with Crippen molar-refractivity contribution < 1.29 is 19.4 Å². The quantitative estimate of drug-likeness (QED) is 0.629. The molecule has 176 valence electrons. The minimum atomic E-state index is -0.957. The van der Waals surface area contributed by atoms with Crippen molar-refractivity contribution in [2.24, 2.45) is 0 Å². The second kappa shape index (κ2) is 10.1. The zero-order valence-electron chi connectivity index (χ0n) is 19.5. The number of halogens is 1. The third kappa shape index (κ3) is 5.74. The van der Waals surface area contributed by atoms with E-state index < -0.39 is 11.6 Å². The summed E-state index contributed by atoms with van der Waals surface area (Å²) in [6, 6.07) is 7.80. The van der Waals surface area contributed by atoms with Crippen LogP contribution in [0.25, 0.3) is 0 Å². The van der Waals surface area contributed by atoms with Crippen molar-refractivity contribution in [3.8, 4) is 5.75 Å². The maximum Gasteiger partial charge on any atom is 0.408 e. The van der Waals surface area contributed by atoms with E-state index >= 15 is 0 Å². The van der Waals surface area contributed by atoms with Gasteiger partial charge in [-0.15, -0.1) is 0 Å². The van der Waals surface area contributed by atoms with Crippen molar-refractivity contribution in [3.05, 3.63) is 46.2 Å². The van der Waals surface area contributed by atoms with Crippen molar-refractivity contribution in [1.82, 2.24) is 19.6 Å². The Balaban J connectivity index is 1.58. The minimum Gasteiger partial charge on any atom is -0.497 e. The van der Waals surface area contributed by atoms with Gasteiger partial charge in [-0.1, -0.05) is 23.7 Å². The molecule has 0 radical (unpaired) electrons. The summed E-state index contributed by atoms with van der Waals surface area (Å²) in [5.41, 5.74) is 2.39. The van der Waals surface area contributed by atoms with E-state index in [4.69, 9.17) is 21.1 Å². The monoisotopic (exact) mass is 464 g/mol. The van der Waals surface area contributed by atoms with Crippen LogP contribution in [0.15, 0.2) is 24.3 Å². The molecule has 1 aliphatic heterocycles. The Morgan fingerprint density at radius 2 is 1.97 bits per heavy atom. The van der Waals surface area contributed by atoms with Gasteiger partial charge in [0.05, 0.1) is 43.6 Å². The number of hydrogen-bond donors (Lipinski definition) is 1. The minimum absolute atomic E-state index is 0.249. The normalized spacial score (nSPS) is 15.3. The lowest BCUT2D eigenvalue weighted by Crippen LogP contribution is -2.51. The largest absolute Gasteiger partial charge is 0.497 e. The van der Waals surface area contributed by atoms with Gasteiger partial charge in [-0.2, -0.15) is 5.10 Å². The summed E-state index contributed by atoms with van der Waals surface area (Å²) < 4.78 is 13.0. The summed E-state index contributed by atoms with van der Waals surface area (Å²) in [5.74, 6) is 0.849. The highest BCUT2D eigenvalue weighted by Crippen LogP contribution is 2.27. The van der Waals surface area contributed by atoms with Crippen LogP contribution in [0.1, 0.15) is 44.6 Å². The van der Waals surface area contributed by atoms with Gasteiger partial charge in [0.25, 0.3) is 0 Å². The van der Waals surface area contributed by atoms with E-state index in [0.29, 0.717) is 17.3 Å². The van der Waals surface area contributed by atoms with Gasteiger partial charge in [-0.05, 0) is 45.4 Å². The van der Waals surface area contributed by atoms with Gasteiger partial charge in [0.15, 0.2) is 0 Å². The molecule has 1 aliphatic rings. The van der Waals surface area contributed by atoms with Crippen LogP contribution in [0.3, 0.4) is 0 Å². The first-order valence-corrected chi connectivity index (χ1v) is 11.2. The van der Waals surface area contributed by atoms with Gasteiger partial charge in [0.1, 0.15) is 11.4 Å². The average molecular weight is 465 g/mol. The summed E-state index contributed by atoms with van der Waals surface area (Å²) in [4.78, 5) is 15.4. The van der Waals surface area contributed by atoms with E-state index in [-0.39, 0.29) is 19.3 Å². The Bertz CT molecular complexity index is 923. The summed E-state index contributed by atoms with van der Waals surface area (Å²) in [5, 5.41) is 14.8. The van der Waals surface area contributed by atoms with Crippen LogP contribution < -0.4 is 4.74 Å². The molecule has 9 heteroatoms. The van der Waals surface area contributed by atoms with Crippen LogP contribution in [-0.2, 0) is 31.0 Å². The molecular formula is C23H33ClN4O4. The third-order valence-electron chi connectivity index (χ3n) is 5.59. The summed E-state index contributed by atoms with van der Waals surface area (Å²) in [7, 11) is 1.66. The molecule has 0 bridgehead atoms. The average Bonchev–Trinajstić information content (AvgIpc) is 3.02. The van der Waals surface area contributed by atoms with Gasteiger partial charge in [-0.3, -0.25) is 14.5 Å². The van der Waals surface area contributed by atoms with Gasteiger partial charge >= 0.3 is 6.09 Å². The molecule has 8 nitrogen and oxygen atoms in total. The number of nitrogens with zero attached hydrogens (tertiary/aromatic N) is 4. The second-order valence-corrected chi connectivity index (χ2v) is 9.55. The number of carbonyl (C=O) groups is 1. The van der Waals surface area contributed by atoms with Crippen LogP contribution in [0.5, 0.6) is 5.75 Å². The predicted octanol–water partition coefficient (Wildman–Crippen LogP) is 4.24. The molecule has 2 heterocycles. The number of ether oxygens (including phenoxy) is 2. The van der Waals surface area contributed by atoms with Crippen LogP contribution in [0.4, 0.5) is 4.79 Å². The molecule has 3 rings (SSSR count). The zero-order valence-corrected chi connectivity index (χ0v) is 20.2. The number of hydrogen-bond acceptors (Lipinski definition) is 5. The number of amides is 1. The predicted molar refractivity (Wildman–Crippen MR) is 123 cm³/mol. The Labute approximate surface area is 194 Å². The first-order valence-electron chi connectivity index (χ1n) is 10.8. The fourth-order valence-corrected chi connectivity index (χ4v) is 4.40. The Morgan fingerprint density at radius 1 is 1.28 bits per heavy atom. The third-order valence-corrected chi connectivity index (χ3v) is 6.03. The van der Waals surface area contributed by atoms with Crippen LogP contribution in [0.2, 0.25) is 5.02 Å². The SMILES string of the molecule is COc1ccc(CN2CCn3nc(COC[C@H](C)N(C(=O)O)C(C)(C)C)c(Cl)c3C2)cc1. The molecule has 1 atom stereocenters. The lowest BCUT2D eigenvalue weighted by molar-refractivity contribution is 0.0209. The highest BCUT2D eigenvalue weighted by molar-refractivity contribution is 6.31. The number of methoxy groups -OCH3 is 1. The standard InChI is InChI=1S/C23H33ClN4O4/c1-16(28(22(29)30)23(2,3)4)14-32-15-19-21(24)20-13-26(10-11-27(20)25-19)12-17-6-8-18(31-5)9-7-17/h6-9,16H,10-15H2,1-5H3,(H,29,30)/t16-/m0/s1. The van der Waals surface area contributed by atoms with Gasteiger partial charge in [-0.25, -0.2) is 4.79 Å². The molecule has 1 N–H and O–H groups in total. The van der Waals surface area contributed by atoms with E-state index in [1.807, 2.05) is 44.5 Å². The van der Waals surface area contributed by atoms with Crippen LogP contribution >= 0.6 is 11.6 Å². The molecule has 0 saturated carbocycles. The Kier molecular flexibility index (Phi) is 7.69. The zero-order chi connectivity index (χ0) is 23.5. The number of aromatic nitrogens is 2. The highest BCUT2D eigenvalue weighted by atomic mass is 35.5. The lowest BCUT2D eigenvalue weighted by Gasteiger charge is -2.37. The molecule has 1 aromatic carbocycles. The van der Waals surface area contributed by atoms with Crippen LogP contribution in [-0.4, -0.2) is 62.6 Å². The van der Waals surface area contributed by atoms with Gasteiger partial charge in [0, 0.05) is 25.2 Å². The molecule has 0 spiro atoms. The number of fused-ring (bicyclic) bond motifs is 1. The van der Waals surface area contributed by atoms with Crippen molar-refractivity contribution >= 4 is 17.7 Å². The highest BCUT2D eigenvalue weighted by Gasteiger charge is 2.31. The number of rotatable bonds is 8. The maximum atomic E-state index is 11.6. The summed E-state index contributed by atoms with van der Waals surface area (Å²) in [6.07, 6.45) is -0.957. The van der Waals surface area contributed by atoms with Gasteiger partial charge < -0.3 is 14.6 Å². The fraction of sp³-hybridized carbons (Fsp3) is 0.565. The van der Waals surface area contributed by atoms with E-state index in [1.54, 1.807) is 7.11 Å². The van der Waals surface area contributed by atoms with Crippen LogP contribution in [0, 0.1) is 0 Å². The van der Waals surface area contributed by atoms with Gasteiger partial charge in [0.2, 0.25) is 0 Å². The summed E-state index contributed by atoms with van der Waals surface area (Å²) >= 11 is 6.64. The molecule has 0 unspecified atom stereocenters. The summed E-state index contributed by atoms with van der Waals surface area (Å²) in [6.45, 7) is 11.2. The van der Waals surface area contributed by atoms with Crippen molar-refractivity contribution in [2.75, 3.05) is 20.3 Å². The molecular weight excluding hydrogens is 432 g/mol. The first kappa shape index (κ1) is 24.4. The van der Waals surface area contributed by atoms with Crippen molar-refractivity contribution in [3.63, 3.8) is 0 Å². The van der Waals surface area contributed by atoms with E-state index in [9.17, 15) is 9.90 Å². The van der Waals surface area contributed by atoms with Crippen molar-refractivity contribution in [1.29, 1.82) is 0 Å². The Morgan fingerprint density at radius 3 is 2.56 bits per heavy atom. The van der Waals surface area contributed by atoms with E-state index in [2.05, 4.69) is 22.1 Å².